The van der Waals surface area contributed by atoms with Gasteiger partial charge in [0.05, 0.1) is 5.41 Å². The standard InChI is InChI=1S/C30H31N5O4/c1-29(2,3)28(39)35(16-19-7-4-5-8-22(19)25(31)37)17-24(36)33-21-11-10-18-14-30(15-20(18)13-21)23-9-6-12-32-26(23)34-27(30)38/h4-13H,14-17H2,1-3H3,(H2,31,37)(H,33,36)(H,32,34,38). The van der Waals surface area contributed by atoms with Crippen LogP contribution in [0.4, 0.5) is 11.5 Å². The zero-order valence-corrected chi connectivity index (χ0v) is 22.2. The highest BCUT2D eigenvalue weighted by molar-refractivity contribution is 6.06. The number of anilines is 2. The number of nitrogens with zero attached hydrogens (tertiary/aromatic N) is 2. The third-order valence-corrected chi connectivity index (χ3v) is 7.37. The average molecular weight is 526 g/mol. The maximum Gasteiger partial charge on any atom is 0.249 e. The Balaban J connectivity index is 1.34. The molecule has 5 rings (SSSR count). The Labute approximate surface area is 226 Å². The fraction of sp³-hybridized carbons (Fsp3) is 0.300. The average Bonchev–Trinajstić information content (AvgIpc) is 3.39. The van der Waals surface area contributed by atoms with Crippen LogP contribution in [0.5, 0.6) is 0 Å². The van der Waals surface area contributed by atoms with E-state index in [0.717, 1.165) is 16.7 Å². The van der Waals surface area contributed by atoms with E-state index in [2.05, 4.69) is 15.6 Å². The molecule has 1 atom stereocenters. The van der Waals surface area contributed by atoms with Gasteiger partial charge in [0.25, 0.3) is 0 Å². The quantitative estimate of drug-likeness (QED) is 0.454. The molecule has 9 heteroatoms. The second-order valence-corrected chi connectivity index (χ2v) is 11.3. The van der Waals surface area contributed by atoms with Gasteiger partial charge in [-0.15, -0.1) is 0 Å². The summed E-state index contributed by atoms with van der Waals surface area (Å²) in [4.78, 5) is 57.1. The first kappa shape index (κ1) is 26.1. The summed E-state index contributed by atoms with van der Waals surface area (Å²) in [6.45, 7) is 5.21. The number of nitrogens with one attached hydrogen (secondary N) is 2. The van der Waals surface area contributed by atoms with Crippen molar-refractivity contribution >= 4 is 35.1 Å². The molecule has 4 amide bonds. The second kappa shape index (κ2) is 9.65. The lowest BCUT2D eigenvalue weighted by Crippen LogP contribution is -2.43. The second-order valence-electron chi connectivity index (χ2n) is 11.3. The molecule has 2 aromatic carbocycles. The lowest BCUT2D eigenvalue weighted by molar-refractivity contribution is -0.142. The van der Waals surface area contributed by atoms with Gasteiger partial charge in [0, 0.05) is 35.0 Å². The number of carbonyl (C=O) groups is 4. The molecule has 1 unspecified atom stereocenters. The van der Waals surface area contributed by atoms with Gasteiger partial charge in [-0.3, -0.25) is 19.2 Å². The lowest BCUT2D eigenvalue weighted by atomic mass is 9.79. The summed E-state index contributed by atoms with van der Waals surface area (Å²) >= 11 is 0. The van der Waals surface area contributed by atoms with Crippen molar-refractivity contribution < 1.29 is 19.2 Å². The number of pyridine rings is 1. The molecule has 9 nitrogen and oxygen atoms in total. The summed E-state index contributed by atoms with van der Waals surface area (Å²) in [5, 5.41) is 5.80. The van der Waals surface area contributed by atoms with E-state index in [4.69, 9.17) is 5.73 Å². The van der Waals surface area contributed by atoms with Crippen molar-refractivity contribution in [1.29, 1.82) is 0 Å². The summed E-state index contributed by atoms with van der Waals surface area (Å²) < 4.78 is 0. The van der Waals surface area contributed by atoms with Crippen LogP contribution >= 0.6 is 0 Å². The number of aromatic nitrogens is 1. The highest BCUT2D eigenvalue weighted by Gasteiger charge is 2.51. The number of carbonyl (C=O) groups excluding carboxylic acids is 4. The molecule has 3 aromatic rings. The first-order valence-electron chi connectivity index (χ1n) is 12.8. The van der Waals surface area contributed by atoms with Gasteiger partial charge < -0.3 is 21.3 Å². The largest absolute Gasteiger partial charge is 0.366 e. The molecule has 1 spiro atoms. The van der Waals surface area contributed by atoms with Crippen LogP contribution in [0.1, 0.15) is 53.4 Å². The third-order valence-electron chi connectivity index (χ3n) is 7.37. The van der Waals surface area contributed by atoms with Crippen LogP contribution in [0.2, 0.25) is 0 Å². The number of hydrogen-bond acceptors (Lipinski definition) is 5. The van der Waals surface area contributed by atoms with Gasteiger partial charge in [-0.25, -0.2) is 4.98 Å². The minimum Gasteiger partial charge on any atom is -0.366 e. The normalized spacial score (nSPS) is 17.4. The first-order valence-corrected chi connectivity index (χ1v) is 12.8. The molecule has 0 fully saturated rings. The predicted octanol–water partition coefficient (Wildman–Crippen LogP) is 3.18. The SMILES string of the molecule is CC(C)(C)C(=O)N(CC(=O)Nc1ccc2c(c1)CC1(C2)C(=O)Nc2ncccc21)Cc1ccccc1C(N)=O. The van der Waals surface area contributed by atoms with Gasteiger partial charge in [-0.2, -0.15) is 0 Å². The van der Waals surface area contributed by atoms with Crippen molar-refractivity contribution in [3.05, 3.63) is 88.6 Å². The third kappa shape index (κ3) is 4.87. The number of benzene rings is 2. The number of primary amides is 1. The van der Waals surface area contributed by atoms with Crippen LogP contribution in [0.25, 0.3) is 0 Å². The molecule has 2 heterocycles. The molecule has 39 heavy (non-hydrogen) atoms. The summed E-state index contributed by atoms with van der Waals surface area (Å²) in [7, 11) is 0. The molecule has 0 saturated heterocycles. The van der Waals surface area contributed by atoms with Gasteiger partial charge >= 0.3 is 0 Å². The molecule has 2 aliphatic rings. The Bertz CT molecular complexity index is 1510. The van der Waals surface area contributed by atoms with Crippen LogP contribution in [0.15, 0.2) is 60.8 Å². The van der Waals surface area contributed by atoms with E-state index in [9.17, 15) is 19.2 Å². The fourth-order valence-corrected chi connectivity index (χ4v) is 5.50. The van der Waals surface area contributed by atoms with Gasteiger partial charge in [0.2, 0.25) is 23.6 Å². The monoisotopic (exact) mass is 525 g/mol. The minimum atomic E-state index is -0.739. The Morgan fingerprint density at radius 2 is 1.79 bits per heavy atom. The number of fused-ring (bicyclic) bond motifs is 3. The van der Waals surface area contributed by atoms with Crippen molar-refractivity contribution in [2.75, 3.05) is 17.2 Å². The van der Waals surface area contributed by atoms with E-state index < -0.39 is 16.7 Å². The van der Waals surface area contributed by atoms with Crippen molar-refractivity contribution in [3.63, 3.8) is 0 Å². The lowest BCUT2D eigenvalue weighted by Gasteiger charge is -2.29. The Morgan fingerprint density at radius 3 is 2.54 bits per heavy atom. The maximum absolute atomic E-state index is 13.3. The molecular weight excluding hydrogens is 494 g/mol. The highest BCUT2D eigenvalue weighted by atomic mass is 16.2. The van der Waals surface area contributed by atoms with Gasteiger partial charge in [-0.1, -0.05) is 51.1 Å². The van der Waals surface area contributed by atoms with E-state index in [0.29, 0.717) is 35.5 Å². The van der Waals surface area contributed by atoms with Crippen LogP contribution in [0.3, 0.4) is 0 Å². The van der Waals surface area contributed by atoms with E-state index in [1.807, 2.05) is 30.3 Å². The summed E-state index contributed by atoms with van der Waals surface area (Å²) in [6, 6.07) is 16.2. The molecule has 1 aliphatic carbocycles. The number of nitrogens with two attached hydrogens (primary N) is 1. The Hall–Kier alpha value is -4.53. The molecule has 0 bridgehead atoms. The van der Waals surface area contributed by atoms with Gasteiger partial charge in [0.15, 0.2) is 0 Å². The van der Waals surface area contributed by atoms with Gasteiger partial charge in [0.1, 0.15) is 12.4 Å². The van der Waals surface area contributed by atoms with Crippen LogP contribution in [-0.2, 0) is 39.2 Å². The summed E-state index contributed by atoms with van der Waals surface area (Å²) in [5.41, 5.74) is 8.48. The molecule has 1 aliphatic heterocycles. The number of amides is 4. The highest BCUT2D eigenvalue weighted by Crippen LogP contribution is 2.46. The smallest absolute Gasteiger partial charge is 0.249 e. The zero-order chi connectivity index (χ0) is 27.9. The molecule has 4 N–H and O–H groups in total. The Morgan fingerprint density at radius 1 is 1.05 bits per heavy atom. The van der Waals surface area contributed by atoms with Crippen LogP contribution in [-0.4, -0.2) is 40.1 Å². The van der Waals surface area contributed by atoms with Crippen LogP contribution < -0.4 is 16.4 Å². The summed E-state index contributed by atoms with van der Waals surface area (Å²) in [6.07, 6.45) is 2.73. The first-order chi connectivity index (χ1) is 18.5. The predicted molar refractivity (Wildman–Crippen MR) is 147 cm³/mol. The number of hydrogen-bond donors (Lipinski definition) is 3. The summed E-state index contributed by atoms with van der Waals surface area (Å²) in [5.74, 6) is -0.656. The van der Waals surface area contributed by atoms with Gasteiger partial charge in [-0.05, 0) is 53.8 Å². The van der Waals surface area contributed by atoms with E-state index >= 15 is 0 Å². The van der Waals surface area contributed by atoms with E-state index in [1.165, 1.54) is 4.90 Å². The van der Waals surface area contributed by atoms with Crippen molar-refractivity contribution in [3.8, 4) is 0 Å². The molecule has 0 radical (unpaired) electrons. The van der Waals surface area contributed by atoms with E-state index in [1.54, 1.807) is 51.2 Å². The molecule has 200 valence electrons. The van der Waals surface area contributed by atoms with E-state index in [-0.39, 0.29) is 30.8 Å². The topological polar surface area (TPSA) is 134 Å². The molecule has 0 saturated carbocycles. The number of rotatable bonds is 6. The maximum atomic E-state index is 13.3. The fourth-order valence-electron chi connectivity index (χ4n) is 5.50. The molecule has 1 aromatic heterocycles. The van der Waals surface area contributed by atoms with Crippen molar-refractivity contribution in [1.82, 2.24) is 9.88 Å². The minimum absolute atomic E-state index is 0.0643. The van der Waals surface area contributed by atoms with Crippen molar-refractivity contribution in [2.24, 2.45) is 11.1 Å². The van der Waals surface area contributed by atoms with Crippen molar-refractivity contribution in [2.45, 2.75) is 45.6 Å². The zero-order valence-electron chi connectivity index (χ0n) is 22.2. The van der Waals surface area contributed by atoms with Crippen LogP contribution in [0, 0.1) is 5.41 Å². The Kier molecular flexibility index (Phi) is 6.46. The molecular formula is C30H31N5O4.